The van der Waals surface area contributed by atoms with Crippen molar-refractivity contribution in [3.8, 4) is 0 Å². The molecular weight excluding hydrogens is 138 g/mol. The van der Waals surface area contributed by atoms with Gasteiger partial charge < -0.3 is 5.73 Å². The van der Waals surface area contributed by atoms with Gasteiger partial charge in [-0.3, -0.25) is 0 Å². The Morgan fingerprint density at radius 2 is 2.00 bits per heavy atom. The van der Waals surface area contributed by atoms with Crippen molar-refractivity contribution in [2.24, 2.45) is 5.73 Å². The summed E-state index contributed by atoms with van der Waals surface area (Å²) in [7, 11) is -2.98. The number of sulfone groups is 1. The zero-order valence-electron chi connectivity index (χ0n) is 5.53. The first kappa shape index (κ1) is 8.65. The van der Waals surface area contributed by atoms with E-state index in [-0.39, 0.29) is 6.04 Å². The van der Waals surface area contributed by atoms with Crippen LogP contribution in [0.15, 0.2) is 11.5 Å². The summed E-state index contributed by atoms with van der Waals surface area (Å²) in [5.74, 6) is 0. The van der Waals surface area contributed by atoms with Gasteiger partial charge in [-0.2, -0.15) is 0 Å². The number of hydrogen-bond donors (Lipinski definition) is 1. The highest BCUT2D eigenvalue weighted by atomic mass is 32.2. The van der Waals surface area contributed by atoms with E-state index in [0.717, 1.165) is 11.7 Å². The normalized spacial score (nSPS) is 16.3. The number of hydrogen-bond acceptors (Lipinski definition) is 3. The Morgan fingerprint density at radius 1 is 1.56 bits per heavy atom. The zero-order valence-corrected chi connectivity index (χ0v) is 6.35. The average Bonchev–Trinajstić information content (AvgIpc) is 1.59. The molecule has 0 rings (SSSR count). The van der Waals surface area contributed by atoms with Crippen LogP contribution in [0, 0.1) is 0 Å². The molecule has 3 nitrogen and oxygen atoms in total. The molecular formula is C5H11NO2S. The lowest BCUT2D eigenvalue weighted by Gasteiger charge is -1.91. The van der Waals surface area contributed by atoms with Crippen LogP contribution in [0.2, 0.25) is 0 Å². The smallest absolute Gasteiger partial charge is 0.168 e. The van der Waals surface area contributed by atoms with Gasteiger partial charge in [-0.25, -0.2) is 8.42 Å². The van der Waals surface area contributed by atoms with Gasteiger partial charge in [0.25, 0.3) is 0 Å². The van der Waals surface area contributed by atoms with Gasteiger partial charge in [0.2, 0.25) is 0 Å². The molecule has 0 aromatic heterocycles. The first-order valence-electron chi connectivity index (χ1n) is 2.55. The first-order valence-corrected chi connectivity index (χ1v) is 4.51. The molecule has 0 saturated carbocycles. The minimum Gasteiger partial charge on any atom is -0.325 e. The van der Waals surface area contributed by atoms with Crippen LogP contribution in [0.25, 0.3) is 0 Å². The maximum Gasteiger partial charge on any atom is 0.168 e. The molecule has 0 aliphatic carbocycles. The van der Waals surface area contributed by atoms with Gasteiger partial charge >= 0.3 is 0 Å². The van der Waals surface area contributed by atoms with E-state index in [9.17, 15) is 8.42 Å². The lowest BCUT2D eigenvalue weighted by atomic mass is 10.4. The Bertz CT molecular complexity index is 191. The Kier molecular flexibility index (Phi) is 2.87. The third-order valence-corrected chi connectivity index (χ3v) is 1.28. The van der Waals surface area contributed by atoms with Gasteiger partial charge in [-0.1, -0.05) is 6.08 Å². The van der Waals surface area contributed by atoms with Crippen LogP contribution in [-0.4, -0.2) is 20.7 Å². The summed E-state index contributed by atoms with van der Waals surface area (Å²) in [4.78, 5) is 0. The lowest BCUT2D eigenvalue weighted by Crippen LogP contribution is -2.10. The molecule has 9 heavy (non-hydrogen) atoms. The largest absolute Gasteiger partial charge is 0.325 e. The van der Waals surface area contributed by atoms with Crippen molar-refractivity contribution in [2.75, 3.05) is 6.26 Å². The fourth-order valence-electron chi connectivity index (χ4n) is 0.267. The van der Waals surface area contributed by atoms with Crippen LogP contribution < -0.4 is 5.73 Å². The molecule has 0 radical (unpaired) electrons. The molecule has 0 bridgehead atoms. The summed E-state index contributed by atoms with van der Waals surface area (Å²) in [6.45, 7) is 1.71. The molecule has 1 unspecified atom stereocenters. The minimum absolute atomic E-state index is 0.195. The standard InChI is InChI=1S/C5H11NO2S/c1-5(6)3-4-9(2,7)8/h3-5H,6H2,1-2H3/b4-3-. The van der Waals surface area contributed by atoms with Crippen LogP contribution in [0.4, 0.5) is 0 Å². The van der Waals surface area contributed by atoms with Crippen molar-refractivity contribution in [3.05, 3.63) is 11.5 Å². The zero-order chi connectivity index (χ0) is 7.49. The fraction of sp³-hybridized carbons (Fsp3) is 0.600. The van der Waals surface area contributed by atoms with Crippen LogP contribution in [0.3, 0.4) is 0 Å². The molecule has 0 saturated heterocycles. The van der Waals surface area contributed by atoms with Gasteiger partial charge in [0.15, 0.2) is 9.84 Å². The summed E-state index contributed by atoms with van der Waals surface area (Å²) in [6, 6.07) is -0.195. The lowest BCUT2D eigenvalue weighted by molar-refractivity contribution is 0.610. The maximum absolute atomic E-state index is 10.4. The van der Waals surface area contributed by atoms with E-state index in [2.05, 4.69) is 0 Å². The predicted octanol–water partition coefficient (Wildman–Crippen LogP) is -0.108. The molecule has 0 aliphatic heterocycles. The summed E-state index contributed by atoms with van der Waals surface area (Å²) in [5, 5.41) is 1.11. The highest BCUT2D eigenvalue weighted by molar-refractivity contribution is 7.93. The van der Waals surface area contributed by atoms with E-state index in [0.29, 0.717) is 0 Å². The van der Waals surface area contributed by atoms with E-state index >= 15 is 0 Å². The molecule has 0 spiro atoms. The van der Waals surface area contributed by atoms with E-state index in [1.807, 2.05) is 0 Å². The van der Waals surface area contributed by atoms with Crippen molar-refractivity contribution in [3.63, 3.8) is 0 Å². The third-order valence-electron chi connectivity index (χ3n) is 0.629. The first-order chi connectivity index (χ1) is 3.92. The SMILES string of the molecule is CC(N)/C=C\S(C)(=O)=O. The Morgan fingerprint density at radius 3 is 2.11 bits per heavy atom. The topological polar surface area (TPSA) is 60.2 Å². The molecule has 1 atom stereocenters. The van der Waals surface area contributed by atoms with Crippen LogP contribution in [0.1, 0.15) is 6.92 Å². The molecule has 0 heterocycles. The summed E-state index contributed by atoms with van der Waals surface area (Å²) < 4.78 is 20.8. The third kappa shape index (κ3) is 7.65. The number of rotatable bonds is 2. The van der Waals surface area contributed by atoms with Crippen LogP contribution in [0.5, 0.6) is 0 Å². The predicted molar refractivity (Wildman–Crippen MR) is 37.6 cm³/mol. The van der Waals surface area contributed by atoms with Crippen molar-refractivity contribution < 1.29 is 8.42 Å². The number of nitrogens with two attached hydrogens (primary N) is 1. The molecule has 0 aromatic rings. The summed E-state index contributed by atoms with van der Waals surface area (Å²) in [5.41, 5.74) is 5.25. The monoisotopic (exact) mass is 149 g/mol. The van der Waals surface area contributed by atoms with Crippen molar-refractivity contribution >= 4 is 9.84 Å². The summed E-state index contributed by atoms with van der Waals surface area (Å²) >= 11 is 0. The van der Waals surface area contributed by atoms with Gasteiger partial charge in [0.05, 0.1) is 0 Å². The quantitative estimate of drug-likeness (QED) is 0.596. The minimum atomic E-state index is -2.98. The second kappa shape index (κ2) is 2.98. The molecule has 0 amide bonds. The molecule has 0 aromatic carbocycles. The Balaban J connectivity index is 4.03. The van der Waals surface area contributed by atoms with E-state index in [4.69, 9.17) is 5.73 Å². The second-order valence-corrected chi connectivity index (χ2v) is 3.95. The van der Waals surface area contributed by atoms with E-state index < -0.39 is 9.84 Å². The van der Waals surface area contributed by atoms with Gasteiger partial charge in [-0.15, -0.1) is 0 Å². The molecule has 4 heteroatoms. The van der Waals surface area contributed by atoms with E-state index in [1.165, 1.54) is 6.08 Å². The Hall–Kier alpha value is -0.350. The highest BCUT2D eigenvalue weighted by Gasteiger charge is 1.92. The molecule has 0 aliphatic rings. The van der Waals surface area contributed by atoms with Crippen LogP contribution >= 0.6 is 0 Å². The summed E-state index contributed by atoms with van der Waals surface area (Å²) in [6.07, 6.45) is 2.57. The molecule has 0 fully saturated rings. The fourth-order valence-corrected chi connectivity index (χ4v) is 0.800. The van der Waals surface area contributed by atoms with E-state index in [1.54, 1.807) is 6.92 Å². The van der Waals surface area contributed by atoms with Crippen LogP contribution in [-0.2, 0) is 9.84 Å². The van der Waals surface area contributed by atoms with Gasteiger partial charge in [0, 0.05) is 17.7 Å². The molecule has 2 N–H and O–H groups in total. The van der Waals surface area contributed by atoms with Crippen molar-refractivity contribution in [2.45, 2.75) is 13.0 Å². The van der Waals surface area contributed by atoms with Gasteiger partial charge in [-0.05, 0) is 6.92 Å². The van der Waals surface area contributed by atoms with Crippen molar-refractivity contribution in [1.82, 2.24) is 0 Å². The highest BCUT2D eigenvalue weighted by Crippen LogP contribution is 1.86. The second-order valence-electron chi connectivity index (χ2n) is 2.02. The molecule has 54 valence electrons. The van der Waals surface area contributed by atoms with Crippen molar-refractivity contribution in [1.29, 1.82) is 0 Å². The average molecular weight is 149 g/mol. The van der Waals surface area contributed by atoms with Gasteiger partial charge in [0.1, 0.15) is 0 Å². The Labute approximate surface area is 55.5 Å². The maximum atomic E-state index is 10.4.